The van der Waals surface area contributed by atoms with Crippen LogP contribution in [0.2, 0.25) is 0 Å². The van der Waals surface area contributed by atoms with Gasteiger partial charge in [0.2, 0.25) is 0 Å². The zero-order valence-electron chi connectivity index (χ0n) is 13.1. The lowest BCUT2D eigenvalue weighted by atomic mass is 9.88. The van der Waals surface area contributed by atoms with E-state index in [0.717, 1.165) is 6.42 Å². The lowest BCUT2D eigenvalue weighted by Crippen LogP contribution is -1.94. The molecular formula is C22H17N. The van der Waals surface area contributed by atoms with E-state index in [1.165, 1.54) is 49.6 Å². The summed E-state index contributed by atoms with van der Waals surface area (Å²) >= 11 is 0. The van der Waals surface area contributed by atoms with Gasteiger partial charge in [-0.25, -0.2) is 0 Å². The molecule has 4 aromatic rings. The number of rotatable bonds is 1. The van der Waals surface area contributed by atoms with Crippen molar-refractivity contribution in [2.75, 3.05) is 0 Å². The predicted molar refractivity (Wildman–Crippen MR) is 98.7 cm³/mol. The minimum atomic E-state index is 1.03. The number of aryl methyl sites for hydroxylation is 1. The van der Waals surface area contributed by atoms with Crippen LogP contribution >= 0.6 is 0 Å². The number of nitrogens with one attached hydrogen (secondary N) is 1. The van der Waals surface area contributed by atoms with Crippen LogP contribution in [-0.2, 0) is 6.42 Å². The third kappa shape index (κ3) is 1.74. The number of hydrogen-bond acceptors (Lipinski definition) is 0. The Hall–Kier alpha value is -2.80. The number of para-hydroxylation sites is 1. The molecule has 0 saturated heterocycles. The molecule has 1 nitrogen and oxygen atoms in total. The molecule has 0 aliphatic heterocycles. The summed E-state index contributed by atoms with van der Waals surface area (Å²) in [4.78, 5) is 3.53. The lowest BCUT2D eigenvalue weighted by Gasteiger charge is -2.16. The van der Waals surface area contributed by atoms with Crippen molar-refractivity contribution >= 4 is 27.8 Å². The highest BCUT2D eigenvalue weighted by molar-refractivity contribution is 6.09. The molecule has 0 fully saturated rings. The summed E-state index contributed by atoms with van der Waals surface area (Å²) in [6.07, 6.45) is 5.54. The average Bonchev–Trinajstić information content (AvgIpc) is 2.92. The molecule has 23 heavy (non-hydrogen) atoms. The summed E-state index contributed by atoms with van der Waals surface area (Å²) in [6, 6.07) is 19.8. The molecule has 1 N–H and O–H groups in total. The van der Waals surface area contributed by atoms with Crippen LogP contribution in [0.15, 0.2) is 60.7 Å². The fourth-order valence-corrected chi connectivity index (χ4v) is 3.98. The van der Waals surface area contributed by atoms with Gasteiger partial charge in [-0.05, 0) is 46.9 Å². The monoisotopic (exact) mass is 295 g/mol. The molecule has 1 aliphatic carbocycles. The van der Waals surface area contributed by atoms with Gasteiger partial charge in [-0.2, -0.15) is 0 Å². The summed E-state index contributed by atoms with van der Waals surface area (Å²) in [5.41, 5.74) is 7.87. The molecule has 5 rings (SSSR count). The van der Waals surface area contributed by atoms with Crippen LogP contribution in [0.4, 0.5) is 0 Å². The minimum absolute atomic E-state index is 1.03. The number of aromatic nitrogens is 1. The van der Waals surface area contributed by atoms with Crippen molar-refractivity contribution in [3.05, 3.63) is 77.5 Å². The Morgan fingerprint density at radius 2 is 1.74 bits per heavy atom. The van der Waals surface area contributed by atoms with E-state index < -0.39 is 0 Å². The quantitative estimate of drug-likeness (QED) is 0.452. The fourth-order valence-electron chi connectivity index (χ4n) is 3.98. The molecule has 3 aromatic carbocycles. The first kappa shape index (κ1) is 12.7. The first-order valence-electron chi connectivity index (χ1n) is 8.12. The SMILES string of the molecule is Cc1[nH]c2ccccc2c1-c1ccc2c3c(cccc13)CC=C2. The Bertz CT molecular complexity index is 1100. The van der Waals surface area contributed by atoms with Gasteiger partial charge in [0.15, 0.2) is 0 Å². The van der Waals surface area contributed by atoms with Gasteiger partial charge < -0.3 is 4.98 Å². The van der Waals surface area contributed by atoms with Crippen LogP contribution in [0.3, 0.4) is 0 Å². The van der Waals surface area contributed by atoms with Gasteiger partial charge in [-0.3, -0.25) is 0 Å². The number of benzene rings is 3. The second-order valence-corrected chi connectivity index (χ2v) is 6.32. The largest absolute Gasteiger partial charge is 0.358 e. The molecule has 1 heterocycles. The summed E-state index contributed by atoms with van der Waals surface area (Å²) in [5, 5.41) is 4.08. The molecule has 0 unspecified atom stereocenters. The first-order valence-corrected chi connectivity index (χ1v) is 8.12. The van der Waals surface area contributed by atoms with E-state index in [2.05, 4.69) is 78.7 Å². The molecule has 0 spiro atoms. The summed E-state index contributed by atoms with van der Waals surface area (Å²) in [7, 11) is 0. The van der Waals surface area contributed by atoms with Crippen LogP contribution in [0.25, 0.3) is 38.9 Å². The van der Waals surface area contributed by atoms with E-state index in [1.807, 2.05) is 0 Å². The van der Waals surface area contributed by atoms with Crippen LogP contribution in [0, 0.1) is 6.92 Å². The number of hydrogen-bond donors (Lipinski definition) is 1. The van der Waals surface area contributed by atoms with Gasteiger partial charge in [0.25, 0.3) is 0 Å². The molecule has 1 aromatic heterocycles. The molecular weight excluding hydrogens is 278 g/mol. The van der Waals surface area contributed by atoms with E-state index in [-0.39, 0.29) is 0 Å². The van der Waals surface area contributed by atoms with Crippen LogP contribution in [-0.4, -0.2) is 4.98 Å². The van der Waals surface area contributed by atoms with E-state index >= 15 is 0 Å². The van der Waals surface area contributed by atoms with E-state index in [4.69, 9.17) is 0 Å². The molecule has 0 radical (unpaired) electrons. The summed E-state index contributed by atoms with van der Waals surface area (Å²) < 4.78 is 0. The predicted octanol–water partition coefficient (Wildman–Crippen LogP) is 5.87. The highest BCUT2D eigenvalue weighted by Crippen LogP contribution is 2.39. The molecule has 0 bridgehead atoms. The highest BCUT2D eigenvalue weighted by atomic mass is 14.7. The smallest absolute Gasteiger partial charge is 0.0462 e. The summed E-state index contributed by atoms with van der Waals surface area (Å²) in [6.45, 7) is 2.17. The zero-order chi connectivity index (χ0) is 15.4. The van der Waals surface area contributed by atoms with Gasteiger partial charge in [0.05, 0.1) is 0 Å². The fraction of sp³-hybridized carbons (Fsp3) is 0.0909. The lowest BCUT2D eigenvalue weighted by molar-refractivity contribution is 1.29. The Labute approximate surface area is 135 Å². The molecule has 1 aliphatic rings. The number of allylic oxidation sites excluding steroid dienone is 1. The summed E-state index contributed by atoms with van der Waals surface area (Å²) in [5.74, 6) is 0. The second kappa shape index (κ2) is 4.60. The minimum Gasteiger partial charge on any atom is -0.358 e. The topological polar surface area (TPSA) is 15.8 Å². The van der Waals surface area contributed by atoms with E-state index in [0.29, 0.717) is 0 Å². The van der Waals surface area contributed by atoms with E-state index in [9.17, 15) is 0 Å². The normalized spacial score (nSPS) is 13.1. The van der Waals surface area contributed by atoms with Crippen LogP contribution in [0.5, 0.6) is 0 Å². The number of fused-ring (bicyclic) bond motifs is 1. The third-order valence-electron chi connectivity index (χ3n) is 4.96. The van der Waals surface area contributed by atoms with Crippen molar-refractivity contribution in [1.82, 2.24) is 4.98 Å². The van der Waals surface area contributed by atoms with Gasteiger partial charge in [0.1, 0.15) is 0 Å². The van der Waals surface area contributed by atoms with Crippen molar-refractivity contribution in [2.24, 2.45) is 0 Å². The van der Waals surface area contributed by atoms with E-state index in [1.54, 1.807) is 0 Å². The van der Waals surface area contributed by atoms with Gasteiger partial charge in [-0.15, -0.1) is 0 Å². The first-order chi connectivity index (χ1) is 11.3. The maximum Gasteiger partial charge on any atom is 0.0462 e. The van der Waals surface area contributed by atoms with Crippen molar-refractivity contribution in [1.29, 1.82) is 0 Å². The standard InChI is InChI=1S/C22H17N/c1-14-21(19-9-2-3-11-20(19)23-14)18-13-12-16-7-4-6-15-8-5-10-17(18)22(15)16/h2-5,7-13,23H,6H2,1H3. The second-order valence-electron chi connectivity index (χ2n) is 6.32. The zero-order valence-corrected chi connectivity index (χ0v) is 13.1. The third-order valence-corrected chi connectivity index (χ3v) is 4.96. The maximum atomic E-state index is 3.53. The number of aromatic amines is 1. The van der Waals surface area contributed by atoms with Crippen LogP contribution < -0.4 is 0 Å². The molecule has 110 valence electrons. The van der Waals surface area contributed by atoms with Crippen molar-refractivity contribution < 1.29 is 0 Å². The van der Waals surface area contributed by atoms with Crippen molar-refractivity contribution in [3.8, 4) is 11.1 Å². The average molecular weight is 295 g/mol. The van der Waals surface area contributed by atoms with Crippen LogP contribution in [0.1, 0.15) is 16.8 Å². The molecule has 0 atom stereocenters. The van der Waals surface area contributed by atoms with Gasteiger partial charge in [0, 0.05) is 22.2 Å². The van der Waals surface area contributed by atoms with Crippen molar-refractivity contribution in [2.45, 2.75) is 13.3 Å². The highest BCUT2D eigenvalue weighted by Gasteiger charge is 2.16. The Kier molecular flexibility index (Phi) is 2.54. The Morgan fingerprint density at radius 3 is 2.70 bits per heavy atom. The Balaban J connectivity index is 1.93. The van der Waals surface area contributed by atoms with Gasteiger partial charge in [-0.1, -0.05) is 60.7 Å². The molecule has 1 heteroatoms. The van der Waals surface area contributed by atoms with Gasteiger partial charge >= 0.3 is 0 Å². The number of H-pyrrole nitrogens is 1. The Morgan fingerprint density at radius 1 is 0.870 bits per heavy atom. The molecule has 0 amide bonds. The molecule has 0 saturated carbocycles. The maximum absolute atomic E-state index is 3.53. The van der Waals surface area contributed by atoms with Crippen molar-refractivity contribution in [3.63, 3.8) is 0 Å².